The second kappa shape index (κ2) is 5.87. The first-order valence-corrected chi connectivity index (χ1v) is 6.24. The average molecular weight is 236 g/mol. The van der Waals surface area contributed by atoms with Crippen molar-refractivity contribution >= 4 is 5.91 Å². The van der Waals surface area contributed by atoms with Crippen molar-refractivity contribution in [2.24, 2.45) is 5.92 Å². The summed E-state index contributed by atoms with van der Waals surface area (Å²) in [4.78, 5) is 14.1. The highest BCUT2D eigenvalue weighted by molar-refractivity contribution is 5.78. The van der Waals surface area contributed by atoms with Gasteiger partial charge in [0.1, 0.15) is 5.76 Å². The molecule has 1 aliphatic rings. The van der Waals surface area contributed by atoms with Crippen LogP contribution in [0.15, 0.2) is 22.8 Å². The van der Waals surface area contributed by atoms with Crippen LogP contribution in [0.1, 0.15) is 18.6 Å². The summed E-state index contributed by atoms with van der Waals surface area (Å²) in [5, 5.41) is 2.99. The van der Waals surface area contributed by atoms with Crippen LogP contribution < -0.4 is 5.32 Å². The number of carbonyl (C=O) groups excluding carboxylic acids is 1. The number of nitrogens with zero attached hydrogens (tertiary/aromatic N) is 1. The van der Waals surface area contributed by atoms with E-state index >= 15 is 0 Å². The van der Waals surface area contributed by atoms with Crippen molar-refractivity contribution in [3.05, 3.63) is 24.2 Å². The normalized spacial score (nSPS) is 18.2. The van der Waals surface area contributed by atoms with Crippen LogP contribution in [0.5, 0.6) is 0 Å². The van der Waals surface area contributed by atoms with Crippen LogP contribution in [0.25, 0.3) is 0 Å². The van der Waals surface area contributed by atoms with Crippen molar-refractivity contribution in [2.45, 2.75) is 19.3 Å². The van der Waals surface area contributed by atoms with E-state index in [1.165, 1.54) is 0 Å². The molecule has 17 heavy (non-hydrogen) atoms. The zero-order valence-electron chi connectivity index (χ0n) is 10.3. The molecule has 2 rings (SSSR count). The molecule has 0 bridgehead atoms. The third kappa shape index (κ3) is 3.60. The largest absolute Gasteiger partial charge is 0.469 e. The van der Waals surface area contributed by atoms with Gasteiger partial charge in [-0.05, 0) is 45.1 Å². The molecule has 0 radical (unpaired) electrons. The number of amides is 1. The molecule has 0 spiro atoms. The smallest absolute Gasteiger partial charge is 0.223 e. The molecule has 1 amide bonds. The minimum absolute atomic E-state index is 0.197. The molecule has 1 saturated heterocycles. The summed E-state index contributed by atoms with van der Waals surface area (Å²) >= 11 is 0. The van der Waals surface area contributed by atoms with Gasteiger partial charge in [0.2, 0.25) is 5.91 Å². The molecule has 1 fully saturated rings. The van der Waals surface area contributed by atoms with Gasteiger partial charge < -0.3 is 14.6 Å². The molecule has 2 heterocycles. The van der Waals surface area contributed by atoms with Gasteiger partial charge in [-0.3, -0.25) is 4.79 Å². The highest BCUT2D eigenvalue weighted by Gasteiger charge is 2.22. The van der Waals surface area contributed by atoms with Crippen molar-refractivity contribution in [2.75, 3.05) is 26.7 Å². The fraction of sp³-hybridized carbons (Fsp3) is 0.615. The van der Waals surface area contributed by atoms with Crippen molar-refractivity contribution in [1.82, 2.24) is 10.2 Å². The van der Waals surface area contributed by atoms with Gasteiger partial charge in [0.25, 0.3) is 0 Å². The van der Waals surface area contributed by atoms with E-state index in [0.29, 0.717) is 6.54 Å². The van der Waals surface area contributed by atoms with Crippen molar-refractivity contribution in [1.29, 1.82) is 0 Å². The fourth-order valence-corrected chi connectivity index (χ4v) is 2.18. The van der Waals surface area contributed by atoms with Crippen LogP contribution >= 0.6 is 0 Å². The third-order valence-corrected chi connectivity index (χ3v) is 3.34. The summed E-state index contributed by atoms with van der Waals surface area (Å²) in [6.45, 7) is 2.71. The number of carbonyl (C=O) groups is 1. The SMILES string of the molecule is CN1CCC(C(=O)NCCc2ccco2)CC1. The predicted molar refractivity (Wildman–Crippen MR) is 65.6 cm³/mol. The van der Waals surface area contributed by atoms with Gasteiger partial charge in [-0.15, -0.1) is 0 Å². The first-order chi connectivity index (χ1) is 8.25. The van der Waals surface area contributed by atoms with E-state index < -0.39 is 0 Å². The van der Waals surface area contributed by atoms with Crippen LogP contribution in [0.3, 0.4) is 0 Å². The molecular weight excluding hydrogens is 216 g/mol. The molecular formula is C13H20N2O2. The molecule has 4 heteroatoms. The van der Waals surface area contributed by atoms with E-state index in [2.05, 4.69) is 17.3 Å². The Morgan fingerprint density at radius 1 is 1.53 bits per heavy atom. The first-order valence-electron chi connectivity index (χ1n) is 6.24. The molecule has 1 aromatic heterocycles. The molecule has 0 aromatic carbocycles. The highest BCUT2D eigenvalue weighted by atomic mass is 16.3. The molecule has 0 unspecified atom stereocenters. The second-order valence-electron chi connectivity index (χ2n) is 4.70. The summed E-state index contributed by atoms with van der Waals surface area (Å²) in [6, 6.07) is 3.80. The van der Waals surface area contributed by atoms with Crippen molar-refractivity contribution < 1.29 is 9.21 Å². The van der Waals surface area contributed by atoms with E-state index in [4.69, 9.17) is 4.42 Å². The van der Waals surface area contributed by atoms with Crippen LogP contribution in [0, 0.1) is 5.92 Å². The molecule has 0 aliphatic carbocycles. The lowest BCUT2D eigenvalue weighted by molar-refractivity contribution is -0.126. The Kier molecular flexibility index (Phi) is 4.20. The number of nitrogens with one attached hydrogen (secondary N) is 1. The highest BCUT2D eigenvalue weighted by Crippen LogP contribution is 2.15. The number of furan rings is 1. The van der Waals surface area contributed by atoms with Crippen molar-refractivity contribution in [3.8, 4) is 0 Å². The first kappa shape index (κ1) is 12.2. The quantitative estimate of drug-likeness (QED) is 0.856. The molecule has 1 aromatic rings. The summed E-state index contributed by atoms with van der Waals surface area (Å²) in [5.74, 6) is 1.32. The van der Waals surface area contributed by atoms with Gasteiger partial charge in [0, 0.05) is 18.9 Å². The Bertz CT molecular complexity index is 340. The van der Waals surface area contributed by atoms with Gasteiger partial charge in [0.15, 0.2) is 0 Å². The molecule has 0 saturated carbocycles. The Hall–Kier alpha value is -1.29. The van der Waals surface area contributed by atoms with Gasteiger partial charge >= 0.3 is 0 Å². The van der Waals surface area contributed by atoms with E-state index in [9.17, 15) is 4.79 Å². The standard InChI is InChI=1S/C13H20N2O2/c1-15-8-5-11(6-9-15)13(16)14-7-4-12-3-2-10-17-12/h2-3,10-11H,4-9H2,1H3,(H,14,16). The monoisotopic (exact) mass is 236 g/mol. The lowest BCUT2D eigenvalue weighted by Gasteiger charge is -2.27. The predicted octanol–water partition coefficient (Wildman–Crippen LogP) is 1.28. The maximum absolute atomic E-state index is 11.9. The van der Waals surface area contributed by atoms with E-state index in [0.717, 1.165) is 38.1 Å². The molecule has 4 nitrogen and oxygen atoms in total. The van der Waals surface area contributed by atoms with Gasteiger partial charge in [-0.25, -0.2) is 0 Å². The van der Waals surface area contributed by atoms with Crippen LogP contribution in [0.4, 0.5) is 0 Å². The molecule has 94 valence electrons. The number of hydrogen-bond donors (Lipinski definition) is 1. The maximum Gasteiger partial charge on any atom is 0.223 e. The maximum atomic E-state index is 11.9. The number of rotatable bonds is 4. The Morgan fingerprint density at radius 2 is 2.29 bits per heavy atom. The lowest BCUT2D eigenvalue weighted by atomic mass is 9.96. The van der Waals surface area contributed by atoms with E-state index in [1.54, 1.807) is 6.26 Å². The topological polar surface area (TPSA) is 45.5 Å². The molecule has 1 aliphatic heterocycles. The van der Waals surface area contributed by atoms with E-state index in [-0.39, 0.29) is 11.8 Å². The summed E-state index contributed by atoms with van der Waals surface area (Å²) in [5.41, 5.74) is 0. The summed E-state index contributed by atoms with van der Waals surface area (Å²) in [7, 11) is 2.10. The molecule has 0 atom stereocenters. The Labute approximate surface area is 102 Å². The Balaban J connectivity index is 1.67. The minimum Gasteiger partial charge on any atom is -0.469 e. The van der Waals surface area contributed by atoms with E-state index in [1.807, 2.05) is 12.1 Å². The Morgan fingerprint density at radius 3 is 2.94 bits per heavy atom. The van der Waals surface area contributed by atoms with Gasteiger partial charge in [-0.2, -0.15) is 0 Å². The zero-order chi connectivity index (χ0) is 12.1. The van der Waals surface area contributed by atoms with Crippen LogP contribution in [0.2, 0.25) is 0 Å². The zero-order valence-corrected chi connectivity index (χ0v) is 10.3. The third-order valence-electron chi connectivity index (χ3n) is 3.34. The molecule has 1 N–H and O–H groups in total. The number of hydrogen-bond acceptors (Lipinski definition) is 3. The summed E-state index contributed by atoms with van der Waals surface area (Å²) < 4.78 is 5.22. The lowest BCUT2D eigenvalue weighted by Crippen LogP contribution is -2.39. The van der Waals surface area contributed by atoms with Crippen molar-refractivity contribution in [3.63, 3.8) is 0 Å². The van der Waals surface area contributed by atoms with Gasteiger partial charge in [-0.1, -0.05) is 0 Å². The average Bonchev–Trinajstić information content (AvgIpc) is 2.83. The van der Waals surface area contributed by atoms with Crippen LogP contribution in [-0.2, 0) is 11.2 Å². The minimum atomic E-state index is 0.197. The number of likely N-dealkylation sites (tertiary alicyclic amines) is 1. The fourth-order valence-electron chi connectivity index (χ4n) is 2.18. The second-order valence-corrected chi connectivity index (χ2v) is 4.70. The van der Waals surface area contributed by atoms with Crippen LogP contribution in [-0.4, -0.2) is 37.5 Å². The number of piperidine rings is 1. The summed E-state index contributed by atoms with van der Waals surface area (Å²) in [6.07, 6.45) is 4.38. The van der Waals surface area contributed by atoms with Gasteiger partial charge in [0.05, 0.1) is 6.26 Å².